The minimum absolute atomic E-state index is 0.234. The topological polar surface area (TPSA) is 38.5 Å². The maximum Gasteiger partial charge on any atom is 0.119 e. The Hall–Kier alpha value is -0.650. The van der Waals surface area contributed by atoms with E-state index in [0.717, 1.165) is 23.3 Å². The second-order valence-corrected chi connectivity index (χ2v) is 5.76. The third-order valence-electron chi connectivity index (χ3n) is 2.63. The van der Waals surface area contributed by atoms with Crippen LogP contribution >= 0.6 is 28.1 Å². The third-order valence-corrected chi connectivity index (χ3v) is 3.56. The minimum atomic E-state index is 0.234. The Kier molecular flexibility index (Phi) is 6.60. The van der Waals surface area contributed by atoms with Gasteiger partial charge in [0.25, 0.3) is 0 Å². The van der Waals surface area contributed by atoms with Crippen molar-refractivity contribution in [2.24, 2.45) is 11.7 Å². The number of hydrogen-bond acceptors (Lipinski definition) is 3. The molecule has 1 rings (SSSR count). The van der Waals surface area contributed by atoms with Gasteiger partial charge in [0.15, 0.2) is 0 Å². The molecular formula is C13H19BrN2OS. The Morgan fingerprint density at radius 3 is 2.61 bits per heavy atom. The summed E-state index contributed by atoms with van der Waals surface area (Å²) in [4.78, 5) is 2.73. The number of rotatable bonds is 7. The van der Waals surface area contributed by atoms with Crippen molar-refractivity contribution in [3.8, 4) is 5.75 Å². The summed E-state index contributed by atoms with van der Waals surface area (Å²) >= 11 is 8.34. The Morgan fingerprint density at radius 2 is 2.06 bits per heavy atom. The highest BCUT2D eigenvalue weighted by Gasteiger charge is 2.08. The van der Waals surface area contributed by atoms with Crippen LogP contribution in [-0.2, 0) is 0 Å². The normalized spacial score (nSPS) is 12.4. The van der Waals surface area contributed by atoms with E-state index in [1.54, 1.807) is 0 Å². The van der Waals surface area contributed by atoms with E-state index in [1.807, 2.05) is 38.2 Å². The largest absolute Gasteiger partial charge is 0.492 e. The van der Waals surface area contributed by atoms with Crippen LogP contribution in [0.3, 0.4) is 0 Å². The fraction of sp³-hybridized carbons (Fsp3) is 0.462. The highest BCUT2D eigenvalue weighted by molar-refractivity contribution is 9.10. The van der Waals surface area contributed by atoms with E-state index in [2.05, 4.69) is 20.8 Å². The molecule has 1 atom stereocenters. The van der Waals surface area contributed by atoms with Gasteiger partial charge in [-0.15, -0.1) is 0 Å². The zero-order chi connectivity index (χ0) is 13.5. The number of hydrogen-bond donors (Lipinski definition) is 1. The zero-order valence-corrected chi connectivity index (χ0v) is 13.1. The van der Waals surface area contributed by atoms with Gasteiger partial charge in [0.2, 0.25) is 0 Å². The lowest BCUT2D eigenvalue weighted by Gasteiger charge is -2.20. The van der Waals surface area contributed by atoms with Gasteiger partial charge in [0.05, 0.1) is 4.99 Å². The Balaban J connectivity index is 2.25. The summed E-state index contributed by atoms with van der Waals surface area (Å²) in [5.41, 5.74) is 5.59. The van der Waals surface area contributed by atoms with Crippen molar-refractivity contribution in [1.82, 2.24) is 4.90 Å². The first-order valence-electron chi connectivity index (χ1n) is 5.85. The first kappa shape index (κ1) is 15.4. The van der Waals surface area contributed by atoms with Gasteiger partial charge in [-0.05, 0) is 31.3 Å². The van der Waals surface area contributed by atoms with Crippen molar-refractivity contribution in [3.05, 3.63) is 28.7 Å². The lowest BCUT2D eigenvalue weighted by Crippen LogP contribution is -2.33. The fourth-order valence-electron chi connectivity index (χ4n) is 1.50. The van der Waals surface area contributed by atoms with Crippen LogP contribution < -0.4 is 10.5 Å². The monoisotopic (exact) mass is 330 g/mol. The molecule has 0 aromatic heterocycles. The van der Waals surface area contributed by atoms with Gasteiger partial charge in [-0.2, -0.15) is 0 Å². The number of thiocarbonyl (C=S) groups is 1. The Labute approximate surface area is 122 Å². The van der Waals surface area contributed by atoms with Crippen LogP contribution in [0.5, 0.6) is 5.75 Å². The average Bonchev–Trinajstić information content (AvgIpc) is 2.31. The first-order chi connectivity index (χ1) is 8.49. The smallest absolute Gasteiger partial charge is 0.119 e. The lowest BCUT2D eigenvalue weighted by atomic mass is 10.2. The highest BCUT2D eigenvalue weighted by atomic mass is 79.9. The molecule has 5 heteroatoms. The molecule has 0 aliphatic rings. The molecule has 0 fully saturated rings. The summed E-state index contributed by atoms with van der Waals surface area (Å²) in [7, 11) is 2.04. The van der Waals surface area contributed by atoms with Crippen molar-refractivity contribution in [1.29, 1.82) is 0 Å². The minimum Gasteiger partial charge on any atom is -0.492 e. The number of ether oxygens (including phenoxy) is 1. The molecule has 0 aliphatic carbocycles. The molecule has 2 N–H and O–H groups in total. The molecular weight excluding hydrogens is 312 g/mol. The molecule has 0 heterocycles. The van der Waals surface area contributed by atoms with Crippen LogP contribution in [0, 0.1) is 5.92 Å². The molecule has 3 nitrogen and oxygen atoms in total. The van der Waals surface area contributed by atoms with E-state index in [-0.39, 0.29) is 5.92 Å². The van der Waals surface area contributed by atoms with E-state index < -0.39 is 0 Å². The quantitative estimate of drug-likeness (QED) is 0.780. The van der Waals surface area contributed by atoms with Gasteiger partial charge in [0.1, 0.15) is 12.4 Å². The van der Waals surface area contributed by atoms with Gasteiger partial charge in [-0.25, -0.2) is 0 Å². The molecule has 18 heavy (non-hydrogen) atoms. The van der Waals surface area contributed by atoms with Crippen molar-refractivity contribution in [2.75, 3.05) is 26.7 Å². The predicted molar refractivity (Wildman–Crippen MR) is 83.1 cm³/mol. The average molecular weight is 331 g/mol. The second kappa shape index (κ2) is 7.71. The van der Waals surface area contributed by atoms with E-state index in [1.165, 1.54) is 0 Å². The molecule has 0 aliphatic heterocycles. The summed E-state index contributed by atoms with van der Waals surface area (Å²) < 4.78 is 6.70. The molecule has 0 spiro atoms. The number of halogens is 1. The van der Waals surface area contributed by atoms with Crippen LogP contribution in [0.1, 0.15) is 6.92 Å². The van der Waals surface area contributed by atoms with Gasteiger partial charge in [-0.1, -0.05) is 35.1 Å². The van der Waals surface area contributed by atoms with E-state index in [4.69, 9.17) is 22.7 Å². The number of nitrogens with two attached hydrogens (primary N) is 1. The van der Waals surface area contributed by atoms with Crippen LogP contribution in [0.25, 0.3) is 0 Å². The highest BCUT2D eigenvalue weighted by Crippen LogP contribution is 2.15. The second-order valence-electron chi connectivity index (χ2n) is 4.37. The fourth-order valence-corrected chi connectivity index (χ4v) is 1.84. The molecule has 0 saturated heterocycles. The van der Waals surface area contributed by atoms with Crippen molar-refractivity contribution in [2.45, 2.75) is 6.92 Å². The molecule has 1 unspecified atom stereocenters. The molecule has 1 aromatic carbocycles. The van der Waals surface area contributed by atoms with E-state index in [0.29, 0.717) is 11.6 Å². The van der Waals surface area contributed by atoms with E-state index in [9.17, 15) is 0 Å². The third kappa shape index (κ3) is 5.80. The van der Waals surface area contributed by atoms with Gasteiger partial charge in [0, 0.05) is 23.5 Å². The standard InChI is InChI=1S/C13H19BrN2OS/c1-10(13(15)18)9-16(2)7-8-17-12-5-3-11(14)4-6-12/h3-6,10H,7-9H2,1-2H3,(H2,15,18). The maximum atomic E-state index is 5.65. The number of benzene rings is 1. The summed E-state index contributed by atoms with van der Waals surface area (Å²) in [6, 6.07) is 7.82. The Morgan fingerprint density at radius 1 is 1.44 bits per heavy atom. The molecule has 0 saturated carbocycles. The Bertz CT molecular complexity index is 383. The van der Waals surface area contributed by atoms with Gasteiger partial charge >= 0.3 is 0 Å². The van der Waals surface area contributed by atoms with Crippen molar-refractivity contribution < 1.29 is 4.74 Å². The summed E-state index contributed by atoms with van der Waals surface area (Å²) in [5.74, 6) is 1.12. The maximum absolute atomic E-state index is 5.65. The SMILES string of the molecule is CC(CN(C)CCOc1ccc(Br)cc1)C(N)=S. The predicted octanol–water partition coefficient (Wildman–Crippen LogP) is 2.68. The molecule has 100 valence electrons. The van der Waals surface area contributed by atoms with Crippen LogP contribution in [0.4, 0.5) is 0 Å². The molecule has 0 radical (unpaired) electrons. The molecule has 0 amide bonds. The molecule has 0 bridgehead atoms. The lowest BCUT2D eigenvalue weighted by molar-refractivity contribution is 0.230. The molecule has 1 aromatic rings. The van der Waals surface area contributed by atoms with Gasteiger partial charge < -0.3 is 15.4 Å². The number of nitrogens with zero attached hydrogens (tertiary/aromatic N) is 1. The summed E-state index contributed by atoms with van der Waals surface area (Å²) in [6.45, 7) is 4.40. The van der Waals surface area contributed by atoms with Crippen molar-refractivity contribution >= 4 is 33.1 Å². The van der Waals surface area contributed by atoms with Crippen LogP contribution in [0.2, 0.25) is 0 Å². The van der Waals surface area contributed by atoms with Crippen molar-refractivity contribution in [3.63, 3.8) is 0 Å². The van der Waals surface area contributed by atoms with E-state index >= 15 is 0 Å². The summed E-state index contributed by atoms with van der Waals surface area (Å²) in [6.07, 6.45) is 0. The zero-order valence-electron chi connectivity index (χ0n) is 10.7. The summed E-state index contributed by atoms with van der Waals surface area (Å²) in [5, 5.41) is 0. The number of likely N-dealkylation sites (N-methyl/N-ethyl adjacent to an activating group) is 1. The first-order valence-corrected chi connectivity index (χ1v) is 7.05. The van der Waals surface area contributed by atoms with Crippen LogP contribution in [-0.4, -0.2) is 36.6 Å². The van der Waals surface area contributed by atoms with Gasteiger partial charge in [-0.3, -0.25) is 0 Å². The van der Waals surface area contributed by atoms with Crippen LogP contribution in [0.15, 0.2) is 28.7 Å².